The largest absolute Gasteiger partial charge is 0.440 e. The fourth-order valence-electron chi connectivity index (χ4n) is 2.13. The number of nitrogens with zero attached hydrogens (tertiary/aromatic N) is 1. The lowest BCUT2D eigenvalue weighted by Gasteiger charge is -2.09. The zero-order valence-corrected chi connectivity index (χ0v) is 10.7. The molecule has 1 aliphatic carbocycles. The van der Waals surface area contributed by atoms with Gasteiger partial charge in [0.25, 0.3) is 5.22 Å². The van der Waals surface area contributed by atoms with E-state index in [0.717, 1.165) is 29.1 Å². The van der Waals surface area contributed by atoms with E-state index in [4.69, 9.17) is 4.42 Å². The molecule has 0 aromatic carbocycles. The fourth-order valence-corrected chi connectivity index (χ4v) is 2.88. The number of hydrogen-bond acceptors (Lipinski definition) is 4. The van der Waals surface area contributed by atoms with Gasteiger partial charge in [-0.2, -0.15) is 0 Å². The quantitative estimate of drug-likeness (QED) is 0.613. The van der Waals surface area contributed by atoms with Crippen LogP contribution in [0.4, 0.5) is 0 Å². The fraction of sp³-hybridized carbons (Fsp3) is 0.750. The van der Waals surface area contributed by atoms with Crippen LogP contribution in [-0.4, -0.2) is 23.8 Å². The van der Waals surface area contributed by atoms with Crippen molar-refractivity contribution in [3.8, 4) is 0 Å². The molecule has 0 spiro atoms. The molecule has 1 N–H and O–H groups in total. The molecule has 0 unspecified atom stereocenters. The lowest BCUT2D eigenvalue weighted by Crippen LogP contribution is -2.23. The summed E-state index contributed by atoms with van der Waals surface area (Å²) in [6.07, 6.45) is 7.39. The molecule has 0 radical (unpaired) electrons. The highest BCUT2D eigenvalue weighted by Crippen LogP contribution is 2.23. The molecule has 0 atom stereocenters. The van der Waals surface area contributed by atoms with Gasteiger partial charge in [0.1, 0.15) is 6.26 Å². The zero-order chi connectivity index (χ0) is 11.2. The number of thioether (sulfide) groups is 1. The summed E-state index contributed by atoms with van der Waals surface area (Å²) >= 11 is 1.68. The lowest BCUT2D eigenvalue weighted by atomic mass is 10.1. The van der Waals surface area contributed by atoms with Crippen molar-refractivity contribution in [1.82, 2.24) is 10.3 Å². The summed E-state index contributed by atoms with van der Waals surface area (Å²) < 4.78 is 5.27. The summed E-state index contributed by atoms with van der Waals surface area (Å²) in [5.74, 6) is 1.96. The topological polar surface area (TPSA) is 38.1 Å². The minimum atomic E-state index is 0.792. The van der Waals surface area contributed by atoms with E-state index in [0.29, 0.717) is 0 Å². The van der Waals surface area contributed by atoms with Crippen molar-refractivity contribution in [2.75, 3.05) is 18.8 Å². The van der Waals surface area contributed by atoms with E-state index in [1.54, 1.807) is 18.0 Å². The van der Waals surface area contributed by atoms with Crippen LogP contribution in [0.5, 0.6) is 0 Å². The monoisotopic (exact) mass is 240 g/mol. The molecule has 1 aromatic rings. The maximum Gasteiger partial charge on any atom is 0.255 e. The molecule has 0 aliphatic heterocycles. The van der Waals surface area contributed by atoms with Gasteiger partial charge in [0.05, 0.1) is 5.69 Å². The molecule has 4 heteroatoms. The van der Waals surface area contributed by atoms with Crippen molar-refractivity contribution in [2.24, 2.45) is 5.92 Å². The van der Waals surface area contributed by atoms with E-state index in [1.165, 1.54) is 32.2 Å². The Morgan fingerprint density at radius 1 is 1.50 bits per heavy atom. The average molecular weight is 240 g/mol. The average Bonchev–Trinajstić information content (AvgIpc) is 2.89. The number of aromatic nitrogens is 1. The van der Waals surface area contributed by atoms with Crippen LogP contribution < -0.4 is 5.32 Å². The van der Waals surface area contributed by atoms with E-state index in [-0.39, 0.29) is 0 Å². The number of oxazole rings is 1. The highest BCUT2D eigenvalue weighted by atomic mass is 32.2. The molecule has 16 heavy (non-hydrogen) atoms. The van der Waals surface area contributed by atoms with Gasteiger partial charge in [-0.1, -0.05) is 24.6 Å². The highest BCUT2D eigenvalue weighted by Gasteiger charge is 2.13. The maximum absolute atomic E-state index is 5.27. The van der Waals surface area contributed by atoms with E-state index < -0.39 is 0 Å². The van der Waals surface area contributed by atoms with Crippen LogP contribution in [0.15, 0.2) is 15.9 Å². The van der Waals surface area contributed by atoms with Gasteiger partial charge in [-0.3, -0.25) is 0 Å². The second-order valence-electron chi connectivity index (χ2n) is 4.46. The molecule has 0 bridgehead atoms. The van der Waals surface area contributed by atoms with E-state index in [1.807, 2.05) is 6.92 Å². The van der Waals surface area contributed by atoms with E-state index in [2.05, 4.69) is 10.3 Å². The van der Waals surface area contributed by atoms with Crippen LogP contribution in [0.25, 0.3) is 0 Å². The van der Waals surface area contributed by atoms with Crippen molar-refractivity contribution >= 4 is 11.8 Å². The standard InChI is InChI=1S/C12H20N2OS/c1-10-9-15-12(14-10)16-7-6-13-8-11-4-2-3-5-11/h9,11,13H,2-8H2,1H3. The molecule has 1 aliphatic rings. The Morgan fingerprint density at radius 3 is 3.00 bits per heavy atom. The summed E-state index contributed by atoms with van der Waals surface area (Å²) in [6, 6.07) is 0. The SMILES string of the molecule is Cc1coc(SCCNCC2CCCC2)n1. The molecule has 90 valence electrons. The van der Waals surface area contributed by atoms with Crippen molar-refractivity contribution in [3.05, 3.63) is 12.0 Å². The van der Waals surface area contributed by atoms with Crippen molar-refractivity contribution < 1.29 is 4.42 Å². The van der Waals surface area contributed by atoms with Crippen LogP contribution in [0.1, 0.15) is 31.4 Å². The Labute approximate surface area is 101 Å². The van der Waals surface area contributed by atoms with Crippen molar-refractivity contribution in [1.29, 1.82) is 0 Å². The number of rotatable bonds is 6. The summed E-state index contributed by atoms with van der Waals surface area (Å²) in [4.78, 5) is 4.25. The zero-order valence-electron chi connectivity index (χ0n) is 9.87. The minimum absolute atomic E-state index is 0.792. The second kappa shape index (κ2) is 6.30. The van der Waals surface area contributed by atoms with Crippen LogP contribution >= 0.6 is 11.8 Å². The summed E-state index contributed by atoms with van der Waals surface area (Å²) in [6.45, 7) is 4.18. The smallest absolute Gasteiger partial charge is 0.255 e. The first kappa shape index (κ1) is 12.0. The Balaban J connectivity index is 1.51. The number of hydrogen-bond donors (Lipinski definition) is 1. The summed E-state index contributed by atoms with van der Waals surface area (Å²) in [5.41, 5.74) is 0.960. The Morgan fingerprint density at radius 2 is 2.31 bits per heavy atom. The highest BCUT2D eigenvalue weighted by molar-refractivity contribution is 7.99. The normalized spacial score (nSPS) is 17.1. The van der Waals surface area contributed by atoms with Crippen LogP contribution in [-0.2, 0) is 0 Å². The second-order valence-corrected chi connectivity index (χ2v) is 5.50. The molecule has 1 aromatic heterocycles. The van der Waals surface area contributed by atoms with Crippen LogP contribution in [0.2, 0.25) is 0 Å². The number of aryl methyl sites for hydroxylation is 1. The molecule has 3 nitrogen and oxygen atoms in total. The molecular weight excluding hydrogens is 220 g/mol. The predicted octanol–water partition coefficient (Wildman–Crippen LogP) is 2.85. The Kier molecular flexibility index (Phi) is 4.72. The molecule has 1 heterocycles. The van der Waals surface area contributed by atoms with Crippen molar-refractivity contribution in [2.45, 2.75) is 37.8 Å². The Hall–Kier alpha value is -0.480. The van der Waals surface area contributed by atoms with E-state index in [9.17, 15) is 0 Å². The predicted molar refractivity (Wildman–Crippen MR) is 66.8 cm³/mol. The third-order valence-electron chi connectivity index (χ3n) is 3.01. The van der Waals surface area contributed by atoms with Gasteiger partial charge in [-0.25, -0.2) is 4.98 Å². The van der Waals surface area contributed by atoms with Crippen LogP contribution in [0.3, 0.4) is 0 Å². The molecule has 0 amide bonds. The molecule has 0 saturated heterocycles. The lowest BCUT2D eigenvalue weighted by molar-refractivity contribution is 0.453. The first-order chi connectivity index (χ1) is 7.84. The van der Waals surface area contributed by atoms with Gasteiger partial charge in [-0.15, -0.1) is 0 Å². The third kappa shape index (κ3) is 3.83. The summed E-state index contributed by atoms with van der Waals surface area (Å²) in [5, 5.41) is 4.31. The van der Waals surface area contributed by atoms with Gasteiger partial charge in [0, 0.05) is 12.3 Å². The number of nitrogens with one attached hydrogen (secondary N) is 1. The Bertz CT molecular complexity index is 308. The molecule has 1 fully saturated rings. The van der Waals surface area contributed by atoms with Gasteiger partial charge in [-0.05, 0) is 32.2 Å². The van der Waals surface area contributed by atoms with Gasteiger partial charge >= 0.3 is 0 Å². The van der Waals surface area contributed by atoms with Gasteiger partial charge < -0.3 is 9.73 Å². The van der Waals surface area contributed by atoms with Crippen molar-refractivity contribution in [3.63, 3.8) is 0 Å². The molecular formula is C12H20N2OS. The molecule has 2 rings (SSSR count). The first-order valence-corrected chi connectivity index (χ1v) is 7.09. The van der Waals surface area contributed by atoms with Gasteiger partial charge in [0.15, 0.2) is 0 Å². The van der Waals surface area contributed by atoms with E-state index >= 15 is 0 Å². The summed E-state index contributed by atoms with van der Waals surface area (Å²) in [7, 11) is 0. The van der Waals surface area contributed by atoms with Gasteiger partial charge in [0.2, 0.25) is 0 Å². The van der Waals surface area contributed by atoms with Crippen LogP contribution in [0, 0.1) is 12.8 Å². The molecule has 1 saturated carbocycles. The minimum Gasteiger partial charge on any atom is -0.440 e. The third-order valence-corrected chi connectivity index (χ3v) is 3.85. The first-order valence-electron chi connectivity index (χ1n) is 6.10. The maximum atomic E-state index is 5.27.